The zero-order valence-electron chi connectivity index (χ0n) is 16.7. The number of carbonyl (C=O) groups excluding carboxylic acids is 2. The lowest BCUT2D eigenvalue weighted by molar-refractivity contribution is 0.0678. The first-order valence-electron chi connectivity index (χ1n) is 10.2. The second-order valence-corrected chi connectivity index (χ2v) is 8.22. The number of aromatic nitrogens is 2. The number of hydrogen-bond acceptors (Lipinski definition) is 3. The lowest BCUT2D eigenvalue weighted by atomic mass is 10.00. The molecule has 0 unspecified atom stereocenters. The van der Waals surface area contributed by atoms with Crippen molar-refractivity contribution in [2.45, 2.75) is 26.1 Å². The Labute approximate surface area is 183 Å². The van der Waals surface area contributed by atoms with Crippen molar-refractivity contribution >= 4 is 23.4 Å². The van der Waals surface area contributed by atoms with Gasteiger partial charge in [-0.05, 0) is 29.7 Å². The van der Waals surface area contributed by atoms with Crippen molar-refractivity contribution in [2.75, 3.05) is 13.1 Å². The molecule has 0 saturated carbocycles. The highest BCUT2D eigenvalue weighted by atomic mass is 35.5. The van der Waals surface area contributed by atoms with E-state index in [9.17, 15) is 14.0 Å². The summed E-state index contributed by atoms with van der Waals surface area (Å²) in [5, 5.41) is 4.67. The Morgan fingerprint density at radius 3 is 2.68 bits per heavy atom. The smallest absolute Gasteiger partial charge is 0.274 e. The number of halogens is 2. The maximum atomic E-state index is 14.2. The second-order valence-electron chi connectivity index (χ2n) is 7.81. The molecule has 158 valence electrons. The Hall–Kier alpha value is -3.19. The Bertz CT molecular complexity index is 1170. The average molecular weight is 439 g/mol. The van der Waals surface area contributed by atoms with E-state index < -0.39 is 5.82 Å². The maximum absolute atomic E-state index is 14.2. The van der Waals surface area contributed by atoms with E-state index in [0.29, 0.717) is 31.9 Å². The van der Waals surface area contributed by atoms with Crippen molar-refractivity contribution in [2.24, 2.45) is 0 Å². The summed E-state index contributed by atoms with van der Waals surface area (Å²) in [6.45, 7) is 2.01. The number of rotatable bonds is 3. The van der Waals surface area contributed by atoms with Crippen LogP contribution < -0.4 is 0 Å². The van der Waals surface area contributed by atoms with E-state index in [4.69, 9.17) is 11.6 Å². The molecule has 1 aromatic heterocycles. The molecule has 3 aromatic rings. The zero-order chi connectivity index (χ0) is 21.5. The largest absolute Gasteiger partial charge is 0.333 e. The van der Waals surface area contributed by atoms with Crippen LogP contribution in [0.5, 0.6) is 0 Å². The molecule has 2 aliphatic heterocycles. The van der Waals surface area contributed by atoms with Crippen LogP contribution in [0, 0.1) is 5.82 Å². The summed E-state index contributed by atoms with van der Waals surface area (Å²) >= 11 is 6.12. The van der Waals surface area contributed by atoms with Crippen LogP contribution in [0.25, 0.3) is 0 Å². The summed E-state index contributed by atoms with van der Waals surface area (Å²) in [5.41, 5.74) is 3.27. The van der Waals surface area contributed by atoms with Crippen molar-refractivity contribution in [1.29, 1.82) is 0 Å². The van der Waals surface area contributed by atoms with Gasteiger partial charge in [0.15, 0.2) is 5.69 Å². The quantitative estimate of drug-likeness (QED) is 0.628. The predicted octanol–water partition coefficient (Wildman–Crippen LogP) is 3.53. The number of carbonyl (C=O) groups is 2. The molecule has 5 rings (SSSR count). The SMILES string of the molecule is O=C(c1cc2n(n1)CCN(Cc1c(F)cccc1Cl)C2=O)N1CCc2ccccc2C1. The lowest BCUT2D eigenvalue weighted by Crippen LogP contribution is -2.40. The number of benzene rings is 2. The molecular formula is C23H20ClFN4O2. The Balaban J connectivity index is 1.35. The first-order chi connectivity index (χ1) is 15.0. The van der Waals surface area contributed by atoms with Crippen LogP contribution in [0.15, 0.2) is 48.5 Å². The highest BCUT2D eigenvalue weighted by Crippen LogP contribution is 2.25. The molecule has 0 fully saturated rings. The summed E-state index contributed by atoms with van der Waals surface area (Å²) in [6, 6.07) is 14.1. The second kappa shape index (κ2) is 7.81. The van der Waals surface area contributed by atoms with Gasteiger partial charge < -0.3 is 9.80 Å². The Kier molecular flexibility index (Phi) is 4.98. The third-order valence-electron chi connectivity index (χ3n) is 5.92. The molecule has 6 nitrogen and oxygen atoms in total. The molecule has 31 heavy (non-hydrogen) atoms. The number of amides is 2. The van der Waals surface area contributed by atoms with Crippen molar-refractivity contribution < 1.29 is 14.0 Å². The van der Waals surface area contributed by atoms with Crippen LogP contribution in [0.4, 0.5) is 4.39 Å². The van der Waals surface area contributed by atoms with Gasteiger partial charge in [0.2, 0.25) is 0 Å². The van der Waals surface area contributed by atoms with E-state index in [1.54, 1.807) is 21.7 Å². The lowest BCUT2D eigenvalue weighted by Gasteiger charge is -2.28. The minimum atomic E-state index is -0.444. The van der Waals surface area contributed by atoms with Crippen LogP contribution in [0.1, 0.15) is 37.7 Å². The molecule has 0 spiro atoms. The fraction of sp³-hybridized carbons (Fsp3) is 0.261. The van der Waals surface area contributed by atoms with Gasteiger partial charge in [0.1, 0.15) is 11.5 Å². The van der Waals surface area contributed by atoms with E-state index in [2.05, 4.69) is 11.2 Å². The highest BCUT2D eigenvalue weighted by Gasteiger charge is 2.31. The van der Waals surface area contributed by atoms with Crippen LogP contribution in [-0.2, 0) is 26.1 Å². The van der Waals surface area contributed by atoms with Gasteiger partial charge in [-0.15, -0.1) is 0 Å². The van der Waals surface area contributed by atoms with Crippen molar-refractivity contribution in [3.8, 4) is 0 Å². The van der Waals surface area contributed by atoms with Crippen molar-refractivity contribution in [3.05, 3.63) is 87.4 Å². The van der Waals surface area contributed by atoms with Crippen LogP contribution in [0.3, 0.4) is 0 Å². The van der Waals surface area contributed by atoms with Gasteiger partial charge in [-0.1, -0.05) is 41.9 Å². The van der Waals surface area contributed by atoms with Gasteiger partial charge in [-0.25, -0.2) is 4.39 Å². The summed E-state index contributed by atoms with van der Waals surface area (Å²) in [5.74, 6) is -0.922. The van der Waals surface area contributed by atoms with Gasteiger partial charge in [0, 0.05) is 36.3 Å². The molecule has 2 amide bonds. The standard InChI is InChI=1S/C23H20ClFN4O2/c24-18-6-3-7-19(25)17(18)14-28-10-11-29-21(23(28)31)12-20(26-29)22(30)27-9-8-15-4-1-2-5-16(15)13-27/h1-7,12H,8-11,13-14H2. The summed E-state index contributed by atoms with van der Waals surface area (Å²) in [4.78, 5) is 29.3. The fourth-order valence-electron chi connectivity index (χ4n) is 4.20. The maximum Gasteiger partial charge on any atom is 0.274 e. The van der Waals surface area contributed by atoms with Gasteiger partial charge in [-0.2, -0.15) is 5.10 Å². The normalized spacial score (nSPS) is 15.6. The highest BCUT2D eigenvalue weighted by molar-refractivity contribution is 6.31. The molecule has 0 bridgehead atoms. The molecule has 8 heteroatoms. The summed E-state index contributed by atoms with van der Waals surface area (Å²) < 4.78 is 15.7. The minimum absolute atomic E-state index is 0.0711. The van der Waals surface area contributed by atoms with Crippen molar-refractivity contribution in [3.63, 3.8) is 0 Å². The summed E-state index contributed by atoms with van der Waals surface area (Å²) in [6.07, 6.45) is 0.797. The van der Waals surface area contributed by atoms with E-state index in [-0.39, 0.29) is 34.6 Å². The van der Waals surface area contributed by atoms with Gasteiger partial charge in [0.25, 0.3) is 11.8 Å². The molecule has 0 radical (unpaired) electrons. The van der Waals surface area contributed by atoms with Crippen LogP contribution in [-0.4, -0.2) is 44.5 Å². The Morgan fingerprint density at radius 1 is 1.06 bits per heavy atom. The number of nitrogens with zero attached hydrogens (tertiary/aromatic N) is 4. The Morgan fingerprint density at radius 2 is 1.87 bits per heavy atom. The zero-order valence-corrected chi connectivity index (χ0v) is 17.5. The minimum Gasteiger partial charge on any atom is -0.333 e. The predicted molar refractivity (Wildman–Crippen MR) is 113 cm³/mol. The molecule has 0 N–H and O–H groups in total. The molecule has 0 saturated heterocycles. The number of fused-ring (bicyclic) bond motifs is 2. The first kappa shape index (κ1) is 19.8. The average Bonchev–Trinajstić information content (AvgIpc) is 3.22. The van der Waals surface area contributed by atoms with Crippen LogP contribution >= 0.6 is 11.6 Å². The van der Waals surface area contributed by atoms with Gasteiger partial charge in [0.05, 0.1) is 13.1 Å². The number of hydrogen-bond donors (Lipinski definition) is 0. The molecule has 2 aliphatic rings. The van der Waals surface area contributed by atoms with Gasteiger partial charge in [-0.3, -0.25) is 14.3 Å². The topological polar surface area (TPSA) is 58.4 Å². The van der Waals surface area contributed by atoms with Gasteiger partial charge >= 0.3 is 0 Å². The summed E-state index contributed by atoms with van der Waals surface area (Å²) in [7, 11) is 0. The third kappa shape index (κ3) is 3.59. The molecular weight excluding hydrogens is 419 g/mol. The monoisotopic (exact) mass is 438 g/mol. The molecule has 0 atom stereocenters. The van der Waals surface area contributed by atoms with Crippen molar-refractivity contribution in [1.82, 2.24) is 19.6 Å². The van der Waals surface area contributed by atoms with Crippen LogP contribution in [0.2, 0.25) is 5.02 Å². The van der Waals surface area contributed by atoms with E-state index in [1.165, 1.54) is 22.6 Å². The van der Waals surface area contributed by atoms with E-state index in [0.717, 1.165) is 12.0 Å². The molecule has 0 aliphatic carbocycles. The van der Waals surface area contributed by atoms with E-state index in [1.807, 2.05) is 18.2 Å². The van der Waals surface area contributed by atoms with E-state index >= 15 is 0 Å². The third-order valence-corrected chi connectivity index (χ3v) is 6.27. The molecule has 2 aromatic carbocycles. The first-order valence-corrected chi connectivity index (χ1v) is 10.5. The fourth-order valence-corrected chi connectivity index (χ4v) is 4.42. The molecule has 3 heterocycles.